The van der Waals surface area contributed by atoms with E-state index in [0.29, 0.717) is 21.7 Å². The van der Waals surface area contributed by atoms with Crippen LogP contribution in [0.1, 0.15) is 19.8 Å². The predicted molar refractivity (Wildman–Crippen MR) is 76.2 cm³/mol. The highest BCUT2D eigenvalue weighted by molar-refractivity contribution is 9.11. The summed E-state index contributed by atoms with van der Waals surface area (Å²) < 4.78 is 26.7. The number of carboxylic acids is 1. The van der Waals surface area contributed by atoms with E-state index < -0.39 is 21.5 Å². The molecule has 5 nitrogen and oxygen atoms in total. The molecule has 0 bridgehead atoms. The summed E-state index contributed by atoms with van der Waals surface area (Å²) in [6, 6.07) is 1.34. The fraction of sp³-hybridized carbons (Fsp3) is 0.500. The molecule has 0 aromatic carbocycles. The van der Waals surface area contributed by atoms with E-state index in [0.717, 1.165) is 15.6 Å². The monoisotopic (exact) mass is 387 g/mol. The van der Waals surface area contributed by atoms with Crippen molar-refractivity contribution < 1.29 is 18.3 Å². The van der Waals surface area contributed by atoms with E-state index >= 15 is 0 Å². The highest BCUT2D eigenvalue weighted by Gasteiger charge is 2.50. The molecule has 106 valence electrons. The summed E-state index contributed by atoms with van der Waals surface area (Å²) in [7, 11) is -3.84. The van der Waals surface area contributed by atoms with E-state index in [1.54, 1.807) is 0 Å². The maximum absolute atomic E-state index is 12.5. The molecule has 1 aromatic rings. The topological polar surface area (TPSA) is 74.7 Å². The quantitative estimate of drug-likeness (QED) is 0.864. The normalized spacial score (nSPS) is 24.8. The number of aliphatic carboxylic acids is 1. The standard InChI is InChI=1S/C10H11BrClNO4S2/c1-10(9(14)15)3-2-4-13(10)19(16,17)7-5-6(12)8(11)18-7/h5H,2-4H2,1H3,(H,14,15). The van der Waals surface area contributed by atoms with Crippen molar-refractivity contribution >= 4 is 54.9 Å². The van der Waals surface area contributed by atoms with Crippen LogP contribution in [0.2, 0.25) is 5.02 Å². The second-order valence-electron chi connectivity index (χ2n) is 4.45. The number of halogens is 2. The van der Waals surface area contributed by atoms with Gasteiger partial charge in [0.15, 0.2) is 0 Å². The van der Waals surface area contributed by atoms with Crippen LogP contribution in [0, 0.1) is 0 Å². The first kappa shape index (κ1) is 15.2. The molecule has 1 unspecified atom stereocenters. The van der Waals surface area contributed by atoms with Crippen LogP contribution in [0.25, 0.3) is 0 Å². The highest BCUT2D eigenvalue weighted by Crippen LogP contribution is 2.40. The van der Waals surface area contributed by atoms with Gasteiger partial charge in [-0.25, -0.2) is 8.42 Å². The van der Waals surface area contributed by atoms with Gasteiger partial charge in [-0.2, -0.15) is 4.31 Å². The number of carbonyl (C=O) groups is 1. The Morgan fingerprint density at radius 2 is 2.26 bits per heavy atom. The minimum atomic E-state index is -3.84. The van der Waals surface area contributed by atoms with Gasteiger partial charge in [0.25, 0.3) is 10.0 Å². The average molecular weight is 389 g/mol. The second kappa shape index (κ2) is 5.00. The lowest BCUT2D eigenvalue weighted by Gasteiger charge is -2.29. The van der Waals surface area contributed by atoms with Gasteiger partial charge in [-0.3, -0.25) is 4.79 Å². The van der Waals surface area contributed by atoms with Gasteiger partial charge in [0.2, 0.25) is 0 Å². The molecular weight excluding hydrogens is 378 g/mol. The van der Waals surface area contributed by atoms with Gasteiger partial charge >= 0.3 is 5.97 Å². The summed E-state index contributed by atoms with van der Waals surface area (Å²) in [5.74, 6) is -1.13. The van der Waals surface area contributed by atoms with Crippen molar-refractivity contribution in [3.05, 3.63) is 14.9 Å². The minimum Gasteiger partial charge on any atom is -0.480 e. The molecule has 0 spiro atoms. The van der Waals surface area contributed by atoms with Crippen molar-refractivity contribution in [3.63, 3.8) is 0 Å². The fourth-order valence-electron chi connectivity index (χ4n) is 2.10. The summed E-state index contributed by atoms with van der Waals surface area (Å²) in [4.78, 5) is 11.3. The van der Waals surface area contributed by atoms with Crippen LogP contribution in [0.4, 0.5) is 0 Å². The largest absolute Gasteiger partial charge is 0.480 e. The molecule has 0 aliphatic carbocycles. The molecule has 1 saturated heterocycles. The first-order chi connectivity index (χ1) is 8.69. The Kier molecular flexibility index (Phi) is 4.01. The molecule has 0 saturated carbocycles. The van der Waals surface area contributed by atoms with Crippen LogP contribution in [0.15, 0.2) is 14.1 Å². The van der Waals surface area contributed by atoms with Gasteiger partial charge < -0.3 is 5.11 Å². The number of hydrogen-bond acceptors (Lipinski definition) is 4. The van der Waals surface area contributed by atoms with E-state index in [1.165, 1.54) is 13.0 Å². The van der Waals surface area contributed by atoms with Crippen molar-refractivity contribution in [1.29, 1.82) is 0 Å². The van der Waals surface area contributed by atoms with Gasteiger partial charge in [-0.1, -0.05) is 11.6 Å². The molecule has 1 aliphatic heterocycles. The third-order valence-electron chi connectivity index (χ3n) is 3.20. The van der Waals surface area contributed by atoms with Crippen LogP contribution < -0.4 is 0 Å². The average Bonchev–Trinajstić information content (AvgIpc) is 2.85. The van der Waals surface area contributed by atoms with E-state index in [2.05, 4.69) is 15.9 Å². The van der Waals surface area contributed by atoms with Crippen LogP contribution in [-0.2, 0) is 14.8 Å². The molecule has 1 aliphatic rings. The summed E-state index contributed by atoms with van der Waals surface area (Å²) in [5, 5.41) is 9.58. The Labute approximate surface area is 128 Å². The smallest absolute Gasteiger partial charge is 0.324 e. The van der Waals surface area contributed by atoms with Crippen LogP contribution in [0.5, 0.6) is 0 Å². The van der Waals surface area contributed by atoms with Crippen molar-refractivity contribution in [2.45, 2.75) is 29.5 Å². The number of sulfonamides is 1. The summed E-state index contributed by atoms with van der Waals surface area (Å²) in [5.41, 5.74) is -1.39. The zero-order valence-electron chi connectivity index (χ0n) is 9.89. The maximum Gasteiger partial charge on any atom is 0.324 e. The molecule has 9 heteroatoms. The molecule has 0 amide bonds. The molecule has 19 heavy (non-hydrogen) atoms. The SMILES string of the molecule is CC1(C(=O)O)CCCN1S(=O)(=O)c1cc(Cl)c(Br)s1. The molecule has 1 aromatic heterocycles. The maximum atomic E-state index is 12.5. The van der Waals surface area contributed by atoms with E-state index in [4.69, 9.17) is 11.6 Å². The molecule has 2 heterocycles. The molecule has 1 atom stereocenters. The lowest BCUT2D eigenvalue weighted by atomic mass is 10.0. The fourth-order valence-corrected chi connectivity index (χ4v) is 6.42. The number of carboxylic acid groups (broad SMARTS) is 1. The number of thiophene rings is 1. The van der Waals surface area contributed by atoms with Crippen molar-refractivity contribution in [1.82, 2.24) is 4.31 Å². The van der Waals surface area contributed by atoms with Gasteiger partial charge in [-0.15, -0.1) is 11.3 Å². The molecule has 1 fully saturated rings. The molecule has 0 radical (unpaired) electrons. The van der Waals surface area contributed by atoms with Crippen molar-refractivity contribution in [2.24, 2.45) is 0 Å². The van der Waals surface area contributed by atoms with Gasteiger partial charge in [0, 0.05) is 6.54 Å². The molecule has 2 rings (SSSR count). The highest BCUT2D eigenvalue weighted by atomic mass is 79.9. The number of nitrogens with zero attached hydrogens (tertiary/aromatic N) is 1. The van der Waals surface area contributed by atoms with Crippen molar-refractivity contribution in [3.8, 4) is 0 Å². The third kappa shape index (κ3) is 2.44. The van der Waals surface area contributed by atoms with Crippen LogP contribution in [0.3, 0.4) is 0 Å². The van der Waals surface area contributed by atoms with Gasteiger partial charge in [0.1, 0.15) is 9.75 Å². The van der Waals surface area contributed by atoms with Crippen LogP contribution in [-0.4, -0.2) is 35.9 Å². The zero-order valence-corrected chi connectivity index (χ0v) is 13.9. The summed E-state index contributed by atoms with van der Waals surface area (Å²) in [6.07, 6.45) is 0.837. The van der Waals surface area contributed by atoms with Crippen LogP contribution >= 0.6 is 38.9 Å². The first-order valence-corrected chi connectivity index (χ1v) is 8.83. The zero-order chi connectivity index (χ0) is 14.4. The summed E-state index contributed by atoms with van der Waals surface area (Å²) >= 11 is 9.98. The molecular formula is C10H11BrClNO4S2. The predicted octanol–water partition coefficient (Wildman–Crippen LogP) is 2.79. The minimum absolute atomic E-state index is 0.0544. The second-order valence-corrected chi connectivity index (χ2v) is 9.31. The Morgan fingerprint density at radius 3 is 2.74 bits per heavy atom. The van der Waals surface area contributed by atoms with E-state index in [-0.39, 0.29) is 10.8 Å². The van der Waals surface area contributed by atoms with Crippen molar-refractivity contribution in [2.75, 3.05) is 6.54 Å². The van der Waals surface area contributed by atoms with Gasteiger partial charge in [-0.05, 0) is 41.8 Å². The number of hydrogen-bond donors (Lipinski definition) is 1. The van der Waals surface area contributed by atoms with E-state index in [9.17, 15) is 18.3 Å². The molecule has 1 N–H and O–H groups in total. The number of rotatable bonds is 3. The lowest BCUT2D eigenvalue weighted by Crippen LogP contribution is -2.50. The Hall–Kier alpha value is -0.150. The van der Waals surface area contributed by atoms with Gasteiger partial charge in [0.05, 0.1) is 8.81 Å². The Balaban J connectivity index is 2.48. The summed E-state index contributed by atoms with van der Waals surface area (Å²) in [6.45, 7) is 1.64. The Bertz CT molecular complexity index is 610. The third-order valence-corrected chi connectivity index (χ3v) is 8.15. The Morgan fingerprint density at radius 1 is 1.63 bits per heavy atom. The van der Waals surface area contributed by atoms with E-state index in [1.807, 2.05) is 0 Å². The lowest BCUT2D eigenvalue weighted by molar-refractivity contribution is -0.146. The first-order valence-electron chi connectivity index (χ1n) is 5.40.